The van der Waals surface area contributed by atoms with Crippen molar-refractivity contribution in [1.29, 1.82) is 0 Å². The van der Waals surface area contributed by atoms with Crippen molar-refractivity contribution in [1.82, 2.24) is 0 Å². The lowest BCUT2D eigenvalue weighted by atomic mass is 10.2. The Bertz CT molecular complexity index is 540. The second-order valence-corrected chi connectivity index (χ2v) is 5.03. The number of halogens is 1. The summed E-state index contributed by atoms with van der Waals surface area (Å²) in [7, 11) is 1.65. The Hall–Kier alpha value is -1.52. The molecule has 100 valence electrons. The molecule has 0 aliphatic heterocycles. The molecule has 0 amide bonds. The van der Waals surface area contributed by atoms with Gasteiger partial charge in [-0.15, -0.1) is 0 Å². The van der Waals surface area contributed by atoms with Crippen LogP contribution in [0.25, 0.3) is 0 Å². The Balaban J connectivity index is 1.99. The molecular formula is C15H16BrNO2. The highest BCUT2D eigenvalue weighted by atomic mass is 79.9. The number of hydrogen-bond donors (Lipinski definition) is 2. The molecule has 0 heterocycles. The van der Waals surface area contributed by atoms with Crippen LogP contribution in [0.4, 0.5) is 5.69 Å². The molecule has 4 heteroatoms. The van der Waals surface area contributed by atoms with Gasteiger partial charge in [-0.2, -0.15) is 0 Å². The third-order valence-electron chi connectivity index (χ3n) is 2.85. The standard InChI is InChI=1S/C15H16BrNO2/c1-19-15-7-4-12(8-14(15)16)9-17-13-5-2-11(10-18)3-6-13/h2-8,17-18H,9-10H2,1H3. The molecule has 0 fully saturated rings. The number of hydrogen-bond acceptors (Lipinski definition) is 3. The predicted octanol–water partition coefficient (Wildman–Crippen LogP) is 3.56. The summed E-state index contributed by atoms with van der Waals surface area (Å²) in [5, 5.41) is 12.3. The van der Waals surface area contributed by atoms with Gasteiger partial charge in [0.1, 0.15) is 5.75 Å². The van der Waals surface area contributed by atoms with E-state index in [-0.39, 0.29) is 6.61 Å². The summed E-state index contributed by atoms with van der Waals surface area (Å²) >= 11 is 3.47. The Labute approximate surface area is 121 Å². The first-order chi connectivity index (χ1) is 9.22. The molecule has 0 saturated carbocycles. The molecule has 0 aliphatic carbocycles. The summed E-state index contributed by atoms with van der Waals surface area (Å²) in [6.07, 6.45) is 0. The minimum absolute atomic E-state index is 0.0751. The summed E-state index contributed by atoms with van der Waals surface area (Å²) in [5.74, 6) is 0.830. The smallest absolute Gasteiger partial charge is 0.133 e. The molecule has 19 heavy (non-hydrogen) atoms. The topological polar surface area (TPSA) is 41.5 Å². The van der Waals surface area contributed by atoms with E-state index in [0.29, 0.717) is 0 Å². The van der Waals surface area contributed by atoms with Crippen molar-refractivity contribution in [3.05, 3.63) is 58.1 Å². The van der Waals surface area contributed by atoms with E-state index in [1.165, 1.54) is 5.56 Å². The molecule has 0 aromatic heterocycles. The summed E-state index contributed by atoms with van der Waals surface area (Å²) in [6, 6.07) is 13.7. The van der Waals surface area contributed by atoms with Crippen LogP contribution < -0.4 is 10.1 Å². The minimum Gasteiger partial charge on any atom is -0.496 e. The Kier molecular flexibility index (Phi) is 4.82. The number of ether oxygens (including phenoxy) is 1. The monoisotopic (exact) mass is 321 g/mol. The van der Waals surface area contributed by atoms with E-state index in [0.717, 1.165) is 28.0 Å². The number of anilines is 1. The normalized spacial score (nSPS) is 10.3. The van der Waals surface area contributed by atoms with Gasteiger partial charge in [-0.1, -0.05) is 18.2 Å². The van der Waals surface area contributed by atoms with Crippen LogP contribution in [-0.2, 0) is 13.2 Å². The number of methoxy groups -OCH3 is 1. The molecule has 0 spiro atoms. The fourth-order valence-electron chi connectivity index (χ4n) is 1.75. The van der Waals surface area contributed by atoms with E-state index in [2.05, 4.69) is 21.2 Å². The van der Waals surface area contributed by atoms with Crippen molar-refractivity contribution >= 4 is 21.6 Å². The number of rotatable bonds is 5. The molecule has 3 nitrogen and oxygen atoms in total. The van der Waals surface area contributed by atoms with Gasteiger partial charge in [0.15, 0.2) is 0 Å². The van der Waals surface area contributed by atoms with E-state index in [1.807, 2.05) is 42.5 Å². The zero-order valence-corrected chi connectivity index (χ0v) is 12.3. The molecule has 0 saturated heterocycles. The van der Waals surface area contributed by atoms with E-state index >= 15 is 0 Å². The molecule has 0 unspecified atom stereocenters. The summed E-state index contributed by atoms with van der Waals surface area (Å²) < 4.78 is 6.15. The fraction of sp³-hybridized carbons (Fsp3) is 0.200. The lowest BCUT2D eigenvalue weighted by Gasteiger charge is -2.09. The maximum absolute atomic E-state index is 8.98. The van der Waals surface area contributed by atoms with Gasteiger partial charge in [0.05, 0.1) is 18.2 Å². The molecule has 0 radical (unpaired) electrons. The van der Waals surface area contributed by atoms with Gasteiger partial charge in [0.25, 0.3) is 0 Å². The first-order valence-electron chi connectivity index (χ1n) is 5.99. The van der Waals surface area contributed by atoms with Gasteiger partial charge in [-0.05, 0) is 51.3 Å². The minimum atomic E-state index is 0.0751. The van der Waals surface area contributed by atoms with Gasteiger partial charge in [0.2, 0.25) is 0 Å². The number of benzene rings is 2. The molecule has 2 aromatic carbocycles. The molecule has 0 atom stereocenters. The first kappa shape index (κ1) is 13.9. The van der Waals surface area contributed by atoms with Crippen LogP contribution in [0.2, 0.25) is 0 Å². The van der Waals surface area contributed by atoms with E-state index in [4.69, 9.17) is 9.84 Å². The van der Waals surface area contributed by atoms with Gasteiger partial charge < -0.3 is 15.2 Å². The van der Waals surface area contributed by atoms with Crippen molar-refractivity contribution in [2.24, 2.45) is 0 Å². The average molecular weight is 322 g/mol. The highest BCUT2D eigenvalue weighted by molar-refractivity contribution is 9.10. The average Bonchev–Trinajstić information content (AvgIpc) is 2.46. The first-order valence-corrected chi connectivity index (χ1v) is 6.78. The quantitative estimate of drug-likeness (QED) is 0.884. The van der Waals surface area contributed by atoms with Gasteiger partial charge in [0, 0.05) is 12.2 Å². The number of aliphatic hydroxyl groups is 1. The lowest BCUT2D eigenvalue weighted by molar-refractivity contribution is 0.282. The maximum atomic E-state index is 8.98. The highest BCUT2D eigenvalue weighted by Crippen LogP contribution is 2.25. The third-order valence-corrected chi connectivity index (χ3v) is 3.47. The van der Waals surface area contributed by atoms with E-state index in [1.54, 1.807) is 7.11 Å². The predicted molar refractivity (Wildman–Crippen MR) is 80.4 cm³/mol. The fourth-order valence-corrected chi connectivity index (χ4v) is 2.34. The largest absolute Gasteiger partial charge is 0.496 e. The third kappa shape index (κ3) is 3.72. The molecule has 0 aliphatic rings. The van der Waals surface area contributed by atoms with Crippen molar-refractivity contribution in [2.45, 2.75) is 13.2 Å². The van der Waals surface area contributed by atoms with Crippen LogP contribution in [0.15, 0.2) is 46.9 Å². The summed E-state index contributed by atoms with van der Waals surface area (Å²) in [5.41, 5.74) is 3.11. The lowest BCUT2D eigenvalue weighted by Crippen LogP contribution is -1.99. The number of aliphatic hydroxyl groups excluding tert-OH is 1. The number of nitrogens with one attached hydrogen (secondary N) is 1. The molecule has 0 bridgehead atoms. The van der Waals surface area contributed by atoms with Crippen molar-refractivity contribution in [3.63, 3.8) is 0 Å². The molecule has 2 aromatic rings. The van der Waals surface area contributed by atoms with Crippen LogP contribution >= 0.6 is 15.9 Å². The SMILES string of the molecule is COc1ccc(CNc2ccc(CO)cc2)cc1Br. The second-order valence-electron chi connectivity index (χ2n) is 4.18. The Morgan fingerprint density at radius 2 is 1.79 bits per heavy atom. The van der Waals surface area contributed by atoms with Crippen LogP contribution in [0.1, 0.15) is 11.1 Å². The maximum Gasteiger partial charge on any atom is 0.133 e. The van der Waals surface area contributed by atoms with E-state index in [9.17, 15) is 0 Å². The van der Waals surface area contributed by atoms with Crippen LogP contribution in [-0.4, -0.2) is 12.2 Å². The van der Waals surface area contributed by atoms with Gasteiger partial charge in [-0.3, -0.25) is 0 Å². The second kappa shape index (κ2) is 6.59. The molecule has 2 rings (SSSR count). The van der Waals surface area contributed by atoms with Crippen LogP contribution in [0.5, 0.6) is 5.75 Å². The molecular weight excluding hydrogens is 306 g/mol. The van der Waals surface area contributed by atoms with Gasteiger partial charge >= 0.3 is 0 Å². The zero-order chi connectivity index (χ0) is 13.7. The molecule has 2 N–H and O–H groups in total. The Morgan fingerprint density at radius 3 is 2.37 bits per heavy atom. The van der Waals surface area contributed by atoms with Gasteiger partial charge in [-0.25, -0.2) is 0 Å². The Morgan fingerprint density at radius 1 is 1.11 bits per heavy atom. The van der Waals surface area contributed by atoms with E-state index < -0.39 is 0 Å². The summed E-state index contributed by atoms with van der Waals surface area (Å²) in [4.78, 5) is 0. The van der Waals surface area contributed by atoms with Crippen molar-refractivity contribution in [2.75, 3.05) is 12.4 Å². The highest BCUT2D eigenvalue weighted by Gasteiger charge is 2.01. The zero-order valence-electron chi connectivity index (χ0n) is 10.7. The van der Waals surface area contributed by atoms with Crippen LogP contribution in [0.3, 0.4) is 0 Å². The van der Waals surface area contributed by atoms with Crippen molar-refractivity contribution in [3.8, 4) is 5.75 Å². The summed E-state index contributed by atoms with van der Waals surface area (Å²) in [6.45, 7) is 0.812. The van der Waals surface area contributed by atoms with Crippen molar-refractivity contribution < 1.29 is 9.84 Å². The van der Waals surface area contributed by atoms with Crippen LogP contribution in [0, 0.1) is 0 Å².